The molecule has 2 heterocycles. The smallest absolute Gasteiger partial charge is 0.243 e. The minimum absolute atomic E-state index is 0.0711. The van der Waals surface area contributed by atoms with Gasteiger partial charge in [-0.3, -0.25) is 9.59 Å². The normalized spacial score (nSPS) is 44.5. The lowest BCUT2D eigenvalue weighted by molar-refractivity contribution is -0.138. The number of amides is 2. The molecule has 2 aliphatic heterocycles. The SMILES string of the molecule is C[C@H](NC(=O)[C@H]1CS[C@@]2(C)CCC(=O)N12)[C@@H]1C[C@@H]2CC[C@@H]1C2. The van der Waals surface area contributed by atoms with Gasteiger partial charge in [0.05, 0.1) is 4.87 Å². The average Bonchev–Trinajstić information content (AvgIpc) is 3.21. The highest BCUT2D eigenvalue weighted by Crippen LogP contribution is 2.50. The van der Waals surface area contributed by atoms with Gasteiger partial charge in [-0.2, -0.15) is 0 Å². The third-order valence-corrected chi connectivity index (χ3v) is 8.06. The van der Waals surface area contributed by atoms with E-state index >= 15 is 0 Å². The fraction of sp³-hybridized carbons (Fsp3) is 0.882. The molecule has 0 unspecified atom stereocenters. The van der Waals surface area contributed by atoms with E-state index < -0.39 is 0 Å². The molecule has 4 nitrogen and oxygen atoms in total. The minimum Gasteiger partial charge on any atom is -0.352 e. The molecule has 0 aromatic heterocycles. The Morgan fingerprint density at radius 2 is 2.23 bits per heavy atom. The van der Waals surface area contributed by atoms with E-state index in [2.05, 4.69) is 19.2 Å². The van der Waals surface area contributed by atoms with Crippen molar-refractivity contribution in [2.75, 3.05) is 5.75 Å². The molecule has 122 valence electrons. The Morgan fingerprint density at radius 1 is 1.41 bits per heavy atom. The lowest BCUT2D eigenvalue weighted by Crippen LogP contribution is -2.53. The maximum atomic E-state index is 12.7. The second-order valence-electron chi connectivity index (χ2n) is 7.90. The van der Waals surface area contributed by atoms with Crippen LogP contribution in [0.4, 0.5) is 0 Å². The summed E-state index contributed by atoms with van der Waals surface area (Å²) in [6.45, 7) is 4.27. The highest BCUT2D eigenvalue weighted by molar-refractivity contribution is 8.01. The van der Waals surface area contributed by atoms with Crippen LogP contribution in [0.1, 0.15) is 52.4 Å². The van der Waals surface area contributed by atoms with Crippen LogP contribution in [-0.2, 0) is 9.59 Å². The Bertz CT molecular complexity index is 511. The first-order valence-electron chi connectivity index (χ1n) is 8.74. The summed E-state index contributed by atoms with van der Waals surface area (Å²) >= 11 is 1.77. The van der Waals surface area contributed by atoms with Crippen molar-refractivity contribution in [3.63, 3.8) is 0 Å². The van der Waals surface area contributed by atoms with Gasteiger partial charge in [0.1, 0.15) is 6.04 Å². The van der Waals surface area contributed by atoms with Crippen molar-refractivity contribution in [2.45, 2.75) is 69.3 Å². The molecule has 2 saturated heterocycles. The molecule has 0 spiro atoms. The van der Waals surface area contributed by atoms with Crippen molar-refractivity contribution in [2.24, 2.45) is 17.8 Å². The van der Waals surface area contributed by atoms with Gasteiger partial charge in [0.15, 0.2) is 0 Å². The van der Waals surface area contributed by atoms with Crippen LogP contribution in [0.5, 0.6) is 0 Å². The van der Waals surface area contributed by atoms with Crippen molar-refractivity contribution in [3.8, 4) is 0 Å². The van der Waals surface area contributed by atoms with Crippen LogP contribution in [0.25, 0.3) is 0 Å². The van der Waals surface area contributed by atoms with E-state index in [1.165, 1.54) is 25.7 Å². The molecule has 2 aliphatic carbocycles. The number of thioether (sulfide) groups is 1. The van der Waals surface area contributed by atoms with Gasteiger partial charge in [0.25, 0.3) is 0 Å². The fourth-order valence-electron chi connectivity index (χ4n) is 5.35. The molecule has 4 aliphatic rings. The van der Waals surface area contributed by atoms with Gasteiger partial charge in [-0.15, -0.1) is 11.8 Å². The van der Waals surface area contributed by atoms with Crippen molar-refractivity contribution in [1.29, 1.82) is 0 Å². The van der Waals surface area contributed by atoms with E-state index in [9.17, 15) is 9.59 Å². The van der Waals surface area contributed by atoms with Gasteiger partial charge >= 0.3 is 0 Å². The third-order valence-electron chi connectivity index (χ3n) is 6.55. The van der Waals surface area contributed by atoms with Gasteiger partial charge < -0.3 is 10.2 Å². The van der Waals surface area contributed by atoms with Crippen LogP contribution >= 0.6 is 11.8 Å². The second-order valence-corrected chi connectivity index (χ2v) is 9.40. The van der Waals surface area contributed by atoms with Gasteiger partial charge in [0.2, 0.25) is 11.8 Å². The summed E-state index contributed by atoms with van der Waals surface area (Å²) in [6, 6.07) is -0.0107. The molecule has 0 aromatic rings. The first-order valence-corrected chi connectivity index (χ1v) is 9.73. The lowest BCUT2D eigenvalue weighted by Gasteiger charge is -2.32. The van der Waals surface area contributed by atoms with Crippen LogP contribution in [-0.4, -0.2) is 39.4 Å². The lowest BCUT2D eigenvalue weighted by atomic mass is 9.84. The zero-order valence-corrected chi connectivity index (χ0v) is 14.3. The Kier molecular flexibility index (Phi) is 3.48. The molecule has 2 bridgehead atoms. The van der Waals surface area contributed by atoms with E-state index in [1.807, 2.05) is 4.90 Å². The third kappa shape index (κ3) is 2.19. The topological polar surface area (TPSA) is 49.4 Å². The maximum Gasteiger partial charge on any atom is 0.243 e. The summed E-state index contributed by atoms with van der Waals surface area (Å²) in [5.74, 6) is 3.34. The summed E-state index contributed by atoms with van der Waals surface area (Å²) in [4.78, 5) is 26.6. The van der Waals surface area contributed by atoms with Crippen LogP contribution in [0.3, 0.4) is 0 Å². The highest BCUT2D eigenvalue weighted by Gasteiger charge is 2.53. The average molecular weight is 322 g/mol. The monoisotopic (exact) mass is 322 g/mol. The summed E-state index contributed by atoms with van der Waals surface area (Å²) < 4.78 is 0. The maximum absolute atomic E-state index is 12.7. The van der Waals surface area contributed by atoms with E-state index in [4.69, 9.17) is 0 Å². The van der Waals surface area contributed by atoms with E-state index in [1.54, 1.807) is 11.8 Å². The molecule has 6 atom stereocenters. The second kappa shape index (κ2) is 5.15. The number of nitrogens with one attached hydrogen (secondary N) is 1. The van der Waals surface area contributed by atoms with Gasteiger partial charge in [-0.1, -0.05) is 6.42 Å². The summed E-state index contributed by atoms with van der Waals surface area (Å²) in [6.07, 6.45) is 6.86. The number of nitrogens with zero attached hydrogens (tertiary/aromatic N) is 1. The number of carbonyl (C=O) groups is 2. The Balaban J connectivity index is 1.41. The number of hydrogen-bond donors (Lipinski definition) is 1. The predicted molar refractivity (Wildman–Crippen MR) is 87.3 cm³/mol. The number of carbonyl (C=O) groups excluding carboxylic acids is 2. The minimum atomic E-state index is -0.258. The Morgan fingerprint density at radius 3 is 2.91 bits per heavy atom. The van der Waals surface area contributed by atoms with E-state index in [0.29, 0.717) is 12.3 Å². The molecule has 2 amide bonds. The van der Waals surface area contributed by atoms with Crippen LogP contribution in [0.2, 0.25) is 0 Å². The fourth-order valence-corrected chi connectivity index (χ4v) is 6.78. The highest BCUT2D eigenvalue weighted by atomic mass is 32.2. The summed E-state index contributed by atoms with van der Waals surface area (Å²) in [7, 11) is 0. The number of hydrogen-bond acceptors (Lipinski definition) is 3. The zero-order chi connectivity index (χ0) is 15.5. The molecular weight excluding hydrogens is 296 g/mol. The first-order chi connectivity index (χ1) is 10.5. The number of fused-ring (bicyclic) bond motifs is 3. The van der Waals surface area contributed by atoms with Crippen LogP contribution in [0, 0.1) is 17.8 Å². The molecule has 0 radical (unpaired) electrons. The van der Waals surface area contributed by atoms with Gasteiger partial charge in [0, 0.05) is 18.2 Å². The van der Waals surface area contributed by atoms with E-state index in [0.717, 1.165) is 24.0 Å². The van der Waals surface area contributed by atoms with E-state index in [-0.39, 0.29) is 28.8 Å². The van der Waals surface area contributed by atoms with Crippen molar-refractivity contribution >= 4 is 23.6 Å². The predicted octanol–water partition coefficient (Wildman–Crippen LogP) is 2.38. The van der Waals surface area contributed by atoms with Gasteiger partial charge in [-0.25, -0.2) is 0 Å². The zero-order valence-electron chi connectivity index (χ0n) is 13.5. The van der Waals surface area contributed by atoms with Gasteiger partial charge in [-0.05, 0) is 57.3 Å². The summed E-state index contributed by atoms with van der Waals surface area (Å²) in [5, 5.41) is 3.25. The van der Waals surface area contributed by atoms with Crippen LogP contribution in [0.15, 0.2) is 0 Å². The van der Waals surface area contributed by atoms with Crippen molar-refractivity contribution < 1.29 is 9.59 Å². The largest absolute Gasteiger partial charge is 0.352 e. The Hall–Kier alpha value is -0.710. The standard InChI is InChI=1S/C17H26N2O2S/c1-10(13-8-11-3-4-12(13)7-11)18-16(21)14-9-22-17(2)6-5-15(20)19(14)17/h10-14H,3-9H2,1-2H3,(H,18,21)/t10-,11+,12+,13-,14+,17-/m0/s1. The molecule has 2 saturated carbocycles. The van der Waals surface area contributed by atoms with Crippen molar-refractivity contribution in [3.05, 3.63) is 0 Å². The van der Waals surface area contributed by atoms with Crippen molar-refractivity contribution in [1.82, 2.24) is 10.2 Å². The van der Waals surface area contributed by atoms with Crippen LogP contribution < -0.4 is 5.32 Å². The molecule has 1 N–H and O–H groups in total. The molecule has 0 aromatic carbocycles. The number of rotatable bonds is 3. The molecule has 4 fully saturated rings. The first kappa shape index (κ1) is 14.9. The summed E-state index contributed by atoms with van der Waals surface area (Å²) in [5.41, 5.74) is 0. The Labute approximate surface area is 136 Å². The quantitative estimate of drug-likeness (QED) is 0.868. The molecule has 22 heavy (non-hydrogen) atoms. The molecule has 4 rings (SSSR count). The molecular formula is C17H26N2O2S. The molecule has 5 heteroatoms.